The van der Waals surface area contributed by atoms with Crippen molar-refractivity contribution in [1.29, 1.82) is 0 Å². The largest absolute Gasteiger partial charge is 0.469 e. The molecule has 0 fully saturated rings. The predicted molar refractivity (Wildman–Crippen MR) is 107 cm³/mol. The fraction of sp³-hybridized carbons (Fsp3) is 0.571. The van der Waals surface area contributed by atoms with E-state index in [4.69, 9.17) is 9.47 Å². The summed E-state index contributed by atoms with van der Waals surface area (Å²) >= 11 is 0. The summed E-state index contributed by atoms with van der Waals surface area (Å²) in [6.45, 7) is 7.38. The zero-order chi connectivity index (χ0) is 21.3. The maximum Gasteiger partial charge on any atom is 0.323 e. The van der Waals surface area contributed by atoms with Crippen molar-refractivity contribution in [1.82, 2.24) is 10.6 Å². The van der Waals surface area contributed by atoms with Gasteiger partial charge in [0.1, 0.15) is 6.04 Å². The van der Waals surface area contributed by atoms with E-state index in [2.05, 4.69) is 10.6 Å². The summed E-state index contributed by atoms with van der Waals surface area (Å²) < 4.78 is 9.65. The summed E-state index contributed by atoms with van der Waals surface area (Å²) in [4.78, 5) is 37.0. The number of benzene rings is 1. The van der Waals surface area contributed by atoms with Gasteiger partial charge in [0.25, 0.3) is 0 Å². The zero-order valence-electron chi connectivity index (χ0n) is 17.6. The third-order valence-corrected chi connectivity index (χ3v) is 4.22. The number of carbonyl (C=O) groups excluding carboxylic acids is 3. The van der Waals surface area contributed by atoms with Crippen molar-refractivity contribution >= 4 is 17.8 Å². The second-order valence-corrected chi connectivity index (χ2v) is 7.91. The van der Waals surface area contributed by atoms with Gasteiger partial charge in [-0.15, -0.1) is 0 Å². The van der Waals surface area contributed by atoms with Gasteiger partial charge in [0.15, 0.2) is 0 Å². The van der Waals surface area contributed by atoms with Gasteiger partial charge >= 0.3 is 11.9 Å². The summed E-state index contributed by atoms with van der Waals surface area (Å²) in [5.74, 6) is -1.56. The monoisotopic (exact) mass is 392 g/mol. The van der Waals surface area contributed by atoms with Crippen molar-refractivity contribution in [2.24, 2.45) is 5.92 Å². The van der Waals surface area contributed by atoms with Gasteiger partial charge in [-0.05, 0) is 38.7 Å². The van der Waals surface area contributed by atoms with Crippen LogP contribution in [0.5, 0.6) is 0 Å². The Kier molecular flexibility index (Phi) is 9.12. The van der Waals surface area contributed by atoms with E-state index in [1.54, 1.807) is 6.92 Å². The maximum atomic E-state index is 12.9. The molecule has 0 bridgehead atoms. The third kappa shape index (κ3) is 8.08. The Morgan fingerprint density at radius 3 is 2.14 bits per heavy atom. The number of esters is 2. The quantitative estimate of drug-likeness (QED) is 0.623. The Morgan fingerprint density at radius 1 is 1.04 bits per heavy atom. The first-order valence-corrected chi connectivity index (χ1v) is 9.34. The summed E-state index contributed by atoms with van der Waals surface area (Å²) in [5.41, 5.74) is 0.475. The average Bonchev–Trinajstić information content (AvgIpc) is 2.63. The fourth-order valence-electron chi connectivity index (χ4n) is 2.83. The molecule has 1 amide bonds. The number of rotatable bonds is 9. The Labute approximate surface area is 167 Å². The van der Waals surface area contributed by atoms with Crippen LogP contribution in [0.1, 0.15) is 39.7 Å². The van der Waals surface area contributed by atoms with E-state index in [-0.39, 0.29) is 12.3 Å². The molecule has 1 unspecified atom stereocenters. The van der Waals surface area contributed by atoms with Crippen LogP contribution in [-0.2, 0) is 30.3 Å². The molecule has 0 heterocycles. The maximum absolute atomic E-state index is 12.9. The lowest BCUT2D eigenvalue weighted by atomic mass is 9.94. The number of nitrogens with one attached hydrogen (secondary N) is 2. The molecule has 0 radical (unpaired) electrons. The number of methoxy groups -OCH3 is 2. The van der Waals surface area contributed by atoms with Crippen molar-refractivity contribution < 1.29 is 23.9 Å². The van der Waals surface area contributed by atoms with Gasteiger partial charge < -0.3 is 14.8 Å². The summed E-state index contributed by atoms with van der Waals surface area (Å²) in [6.07, 6.45) is 0.405. The Hall–Kier alpha value is -2.41. The molecule has 1 aromatic rings. The lowest BCUT2D eigenvalue weighted by Gasteiger charge is -2.31. The van der Waals surface area contributed by atoms with Crippen LogP contribution in [0.4, 0.5) is 0 Å². The highest BCUT2D eigenvalue weighted by Gasteiger charge is 2.33. The van der Waals surface area contributed by atoms with Crippen LogP contribution in [0.3, 0.4) is 0 Å². The standard InChI is InChI=1S/C21H32N2O5/c1-14(12-17(24)27-5)18(19(25)23-21(2,3)4)22-16(20(26)28-6)13-15-10-8-7-9-11-15/h7-11,14,16,18,22H,12-13H2,1-6H3,(H,23,25)/t14?,16-,18+/m0/s1. The first-order valence-electron chi connectivity index (χ1n) is 9.34. The van der Waals surface area contributed by atoms with E-state index in [0.717, 1.165) is 5.56 Å². The molecule has 0 aromatic heterocycles. The third-order valence-electron chi connectivity index (χ3n) is 4.22. The molecule has 0 aliphatic rings. The summed E-state index contributed by atoms with van der Waals surface area (Å²) in [5, 5.41) is 6.02. The molecule has 7 nitrogen and oxygen atoms in total. The van der Waals surface area contributed by atoms with Crippen LogP contribution in [0.25, 0.3) is 0 Å². The normalized spacial score (nSPS) is 14.5. The predicted octanol–water partition coefficient (Wildman–Crippen LogP) is 1.84. The first-order chi connectivity index (χ1) is 13.1. The van der Waals surface area contributed by atoms with Crippen LogP contribution in [-0.4, -0.2) is 49.7 Å². The van der Waals surface area contributed by atoms with Crippen molar-refractivity contribution in [2.45, 2.75) is 58.2 Å². The molecule has 0 aliphatic carbocycles. The van der Waals surface area contributed by atoms with E-state index in [9.17, 15) is 14.4 Å². The minimum absolute atomic E-state index is 0.0466. The fourth-order valence-corrected chi connectivity index (χ4v) is 2.83. The SMILES string of the molecule is COC(=O)CC(C)[C@@H](N[C@@H](Cc1ccccc1)C(=O)OC)C(=O)NC(C)(C)C. The summed E-state index contributed by atoms with van der Waals surface area (Å²) in [6, 6.07) is 7.96. The van der Waals surface area contributed by atoms with Crippen LogP contribution < -0.4 is 10.6 Å². The molecule has 7 heteroatoms. The number of carbonyl (C=O) groups is 3. The molecule has 0 saturated carbocycles. The molecule has 3 atom stereocenters. The van der Waals surface area contributed by atoms with Gasteiger partial charge in [-0.1, -0.05) is 37.3 Å². The lowest BCUT2D eigenvalue weighted by Crippen LogP contribution is -2.57. The number of hydrogen-bond acceptors (Lipinski definition) is 6. The second-order valence-electron chi connectivity index (χ2n) is 7.91. The highest BCUT2D eigenvalue weighted by atomic mass is 16.5. The van der Waals surface area contributed by atoms with Crippen molar-refractivity contribution in [2.75, 3.05) is 14.2 Å². The molecule has 0 aliphatic heterocycles. The topological polar surface area (TPSA) is 93.7 Å². The van der Waals surface area contributed by atoms with Gasteiger partial charge in [-0.25, -0.2) is 0 Å². The minimum Gasteiger partial charge on any atom is -0.469 e. The van der Waals surface area contributed by atoms with Gasteiger partial charge in [-0.2, -0.15) is 0 Å². The molecule has 156 valence electrons. The van der Waals surface area contributed by atoms with Crippen LogP contribution in [0.2, 0.25) is 0 Å². The molecule has 1 rings (SSSR count). The second kappa shape index (κ2) is 10.8. The lowest BCUT2D eigenvalue weighted by molar-refractivity contribution is -0.144. The first kappa shape index (κ1) is 23.6. The zero-order valence-corrected chi connectivity index (χ0v) is 17.6. The van der Waals surface area contributed by atoms with Crippen molar-refractivity contribution in [3.63, 3.8) is 0 Å². The van der Waals surface area contributed by atoms with E-state index < -0.39 is 35.5 Å². The number of hydrogen-bond donors (Lipinski definition) is 2. The van der Waals surface area contributed by atoms with Crippen LogP contribution in [0.15, 0.2) is 30.3 Å². The highest BCUT2D eigenvalue weighted by molar-refractivity contribution is 5.85. The number of amides is 1. The molecule has 1 aromatic carbocycles. The van der Waals surface area contributed by atoms with Crippen molar-refractivity contribution in [3.05, 3.63) is 35.9 Å². The average molecular weight is 392 g/mol. The molecule has 2 N–H and O–H groups in total. The van der Waals surface area contributed by atoms with Gasteiger partial charge in [0, 0.05) is 5.54 Å². The summed E-state index contributed by atoms with van der Waals surface area (Å²) in [7, 11) is 2.61. The molecular formula is C21H32N2O5. The van der Waals surface area contributed by atoms with Gasteiger partial charge in [-0.3, -0.25) is 19.7 Å². The molecular weight excluding hydrogens is 360 g/mol. The molecule has 28 heavy (non-hydrogen) atoms. The van der Waals surface area contributed by atoms with E-state index >= 15 is 0 Å². The highest BCUT2D eigenvalue weighted by Crippen LogP contribution is 2.14. The van der Waals surface area contributed by atoms with Crippen molar-refractivity contribution in [3.8, 4) is 0 Å². The van der Waals surface area contributed by atoms with Gasteiger partial charge in [0.05, 0.1) is 26.7 Å². The van der Waals surface area contributed by atoms with Crippen LogP contribution >= 0.6 is 0 Å². The van der Waals surface area contributed by atoms with Gasteiger partial charge in [0.2, 0.25) is 5.91 Å². The van der Waals surface area contributed by atoms with E-state index in [0.29, 0.717) is 6.42 Å². The van der Waals surface area contributed by atoms with Crippen LogP contribution in [0, 0.1) is 5.92 Å². The molecule has 0 spiro atoms. The van der Waals surface area contributed by atoms with E-state index in [1.807, 2.05) is 51.1 Å². The Balaban J connectivity index is 3.07. The number of ether oxygens (including phenoxy) is 2. The Bertz CT molecular complexity index is 655. The van der Waals surface area contributed by atoms with E-state index in [1.165, 1.54) is 14.2 Å². The Morgan fingerprint density at radius 2 is 1.64 bits per heavy atom. The molecule has 0 saturated heterocycles. The minimum atomic E-state index is -0.772. The smallest absolute Gasteiger partial charge is 0.323 e.